The van der Waals surface area contributed by atoms with Crippen molar-refractivity contribution in [3.63, 3.8) is 0 Å². The number of ether oxygens (including phenoxy) is 1. The lowest BCUT2D eigenvalue weighted by atomic mass is 9.52. The first-order valence-corrected chi connectivity index (χ1v) is 17.7. The van der Waals surface area contributed by atoms with Gasteiger partial charge in [0.05, 0.1) is 16.9 Å². The van der Waals surface area contributed by atoms with Crippen molar-refractivity contribution < 1.29 is 32.4 Å². The molecule has 0 bridgehead atoms. The number of aliphatic hydroxyl groups excluding tert-OH is 1. The molecule has 1 saturated carbocycles. The van der Waals surface area contributed by atoms with Crippen molar-refractivity contribution in [2.75, 3.05) is 13.2 Å². The normalized spacial score (nSPS) is 22.6. The van der Waals surface area contributed by atoms with Crippen molar-refractivity contribution >= 4 is 22.0 Å². The quantitative estimate of drug-likeness (QED) is 0.115. The summed E-state index contributed by atoms with van der Waals surface area (Å²) in [5.41, 5.74) is -2.53. The largest absolute Gasteiger partial charge is 0.463 e. The van der Waals surface area contributed by atoms with E-state index in [-0.39, 0.29) is 35.4 Å². The molecular formula is C36H59NO8S. The van der Waals surface area contributed by atoms with Gasteiger partial charge in [0.1, 0.15) is 6.61 Å². The lowest BCUT2D eigenvalue weighted by Gasteiger charge is -2.52. The van der Waals surface area contributed by atoms with Gasteiger partial charge >= 0.3 is 5.97 Å². The Morgan fingerprint density at radius 1 is 0.935 bits per heavy atom. The van der Waals surface area contributed by atoms with Crippen molar-refractivity contribution in [2.24, 2.45) is 49.0 Å². The molecular weight excluding hydrogens is 606 g/mol. The molecule has 9 nitrogen and oxygen atoms in total. The Morgan fingerprint density at radius 3 is 1.87 bits per heavy atom. The minimum atomic E-state index is -4.40. The molecule has 0 saturated heterocycles. The van der Waals surface area contributed by atoms with E-state index in [0.717, 1.165) is 5.56 Å². The van der Waals surface area contributed by atoms with E-state index in [1.165, 1.54) is 12.1 Å². The van der Waals surface area contributed by atoms with E-state index in [2.05, 4.69) is 74.4 Å². The molecule has 4 unspecified atom stereocenters. The number of aliphatic hydroxyl groups is 1. The van der Waals surface area contributed by atoms with Gasteiger partial charge in [-0.05, 0) is 81.8 Å². The summed E-state index contributed by atoms with van der Waals surface area (Å²) in [5.74, 6) is -1.79. The van der Waals surface area contributed by atoms with Crippen LogP contribution in [0.1, 0.15) is 127 Å². The number of amides is 1. The molecule has 10 heteroatoms. The first kappa shape index (κ1) is 40.0. The Labute approximate surface area is 277 Å². The van der Waals surface area contributed by atoms with Gasteiger partial charge < -0.3 is 9.84 Å². The van der Waals surface area contributed by atoms with Gasteiger partial charge in [0, 0.05) is 11.1 Å². The summed E-state index contributed by atoms with van der Waals surface area (Å²) in [6.45, 7) is 26.7. The summed E-state index contributed by atoms with van der Waals surface area (Å²) in [6.07, 6.45) is 2.23. The van der Waals surface area contributed by atoms with Crippen LogP contribution >= 0.6 is 0 Å². The molecule has 0 aromatic heterocycles. The third-order valence-electron chi connectivity index (χ3n) is 11.7. The number of hydrogen-bond acceptors (Lipinski definition) is 7. The first-order chi connectivity index (χ1) is 20.5. The van der Waals surface area contributed by atoms with Crippen LogP contribution in [0.15, 0.2) is 34.3 Å². The number of esters is 1. The number of nitrogens with zero attached hydrogens (tertiary/aromatic N) is 1. The minimum absolute atomic E-state index is 0.0610. The van der Waals surface area contributed by atoms with Crippen molar-refractivity contribution in [1.82, 2.24) is 0 Å². The van der Waals surface area contributed by atoms with Gasteiger partial charge in [-0.15, -0.1) is 4.91 Å². The maximum absolute atomic E-state index is 13.7. The summed E-state index contributed by atoms with van der Waals surface area (Å²) >= 11 is 0. The van der Waals surface area contributed by atoms with E-state index in [0.29, 0.717) is 25.7 Å². The van der Waals surface area contributed by atoms with Crippen LogP contribution in [0.25, 0.3) is 0 Å². The van der Waals surface area contributed by atoms with Crippen LogP contribution in [-0.2, 0) is 24.4 Å². The highest BCUT2D eigenvalue weighted by Crippen LogP contribution is 2.77. The summed E-state index contributed by atoms with van der Waals surface area (Å²) in [5, 5.41) is 12.2. The third kappa shape index (κ3) is 8.09. The summed E-state index contributed by atoms with van der Waals surface area (Å²) < 4.78 is 39.1. The summed E-state index contributed by atoms with van der Waals surface area (Å²) in [6, 6.07) is 6.27. The molecule has 1 fully saturated rings. The summed E-state index contributed by atoms with van der Waals surface area (Å²) in [7, 11) is -4.40. The maximum Gasteiger partial charge on any atom is 0.312 e. The second-order valence-electron chi connectivity index (χ2n) is 18.0. The topological polar surface area (TPSA) is 147 Å². The molecule has 1 amide bonds. The Hall–Kier alpha value is -2.17. The standard InChI is InChI=1S/C36H59NO8S/c1-30(2,3)22-36(29(40)45-19-18-38)23-35(36,13)33(9,10)20-26(24-14-16-25(17-15-24)46(42,43)44)34(11,12)32(7,8)21-27(28(39)37-41)31(4,5)6/h14-17,26-27,38H,18-23H2,1-13H3,(H,42,43,44). The highest BCUT2D eigenvalue weighted by atomic mass is 32.2. The van der Waals surface area contributed by atoms with Gasteiger partial charge in [-0.1, -0.05) is 102 Å². The average Bonchev–Trinajstić information content (AvgIpc) is 3.52. The fourth-order valence-electron chi connectivity index (χ4n) is 7.73. The van der Waals surface area contributed by atoms with Crippen LogP contribution in [-0.4, -0.2) is 43.2 Å². The SMILES string of the molecule is CC(C)(C)CC1(C(=O)OCCO)CC1(C)C(C)(C)CC(c1ccc(S(=O)(=O)O)cc1)C(C)(C)C(C)(C)CC(C(=O)N=O)C(C)(C)C. The smallest absolute Gasteiger partial charge is 0.312 e. The molecule has 1 aromatic carbocycles. The number of carbonyl (C=O) groups is 2. The molecule has 2 N–H and O–H groups in total. The van der Waals surface area contributed by atoms with E-state index in [1.54, 1.807) is 12.1 Å². The van der Waals surface area contributed by atoms with Crippen LogP contribution in [0.2, 0.25) is 0 Å². The molecule has 46 heavy (non-hydrogen) atoms. The number of carbonyl (C=O) groups excluding carboxylic acids is 2. The second kappa shape index (κ2) is 13.0. The highest BCUT2D eigenvalue weighted by Gasteiger charge is 2.75. The van der Waals surface area contributed by atoms with E-state index in [9.17, 15) is 32.6 Å². The molecule has 1 aliphatic rings. The third-order valence-corrected chi connectivity index (χ3v) is 12.6. The molecule has 1 aliphatic carbocycles. The number of rotatable bonds is 14. The molecule has 262 valence electrons. The zero-order valence-corrected chi connectivity index (χ0v) is 31.2. The fraction of sp³-hybridized carbons (Fsp3) is 0.778. The van der Waals surface area contributed by atoms with Crippen LogP contribution in [0, 0.1) is 48.7 Å². The molecule has 2 rings (SSSR count). The van der Waals surface area contributed by atoms with Crippen molar-refractivity contribution in [3.8, 4) is 0 Å². The lowest BCUT2D eigenvalue weighted by Crippen LogP contribution is -2.45. The number of benzene rings is 1. The molecule has 0 heterocycles. The molecule has 0 radical (unpaired) electrons. The number of hydrogen-bond donors (Lipinski definition) is 2. The Bertz CT molecular complexity index is 1380. The van der Waals surface area contributed by atoms with E-state index >= 15 is 0 Å². The van der Waals surface area contributed by atoms with Gasteiger partial charge in [-0.2, -0.15) is 8.42 Å². The van der Waals surface area contributed by atoms with Crippen LogP contribution in [0.4, 0.5) is 0 Å². The van der Waals surface area contributed by atoms with E-state index in [4.69, 9.17) is 4.74 Å². The molecule has 0 spiro atoms. The maximum atomic E-state index is 13.7. The average molecular weight is 666 g/mol. The van der Waals surface area contributed by atoms with Gasteiger partial charge in [0.15, 0.2) is 0 Å². The fourth-order valence-corrected chi connectivity index (χ4v) is 8.21. The van der Waals surface area contributed by atoms with Gasteiger partial charge in [-0.3, -0.25) is 14.1 Å². The highest BCUT2D eigenvalue weighted by molar-refractivity contribution is 7.85. The van der Waals surface area contributed by atoms with E-state index < -0.39 is 54.4 Å². The lowest BCUT2D eigenvalue weighted by molar-refractivity contribution is -0.156. The predicted octanol–water partition coefficient (Wildman–Crippen LogP) is 8.20. The second-order valence-corrected chi connectivity index (χ2v) is 19.5. The Kier molecular flexibility index (Phi) is 11.3. The minimum Gasteiger partial charge on any atom is -0.463 e. The van der Waals surface area contributed by atoms with Crippen molar-refractivity contribution in [1.29, 1.82) is 0 Å². The van der Waals surface area contributed by atoms with E-state index in [1.807, 2.05) is 20.8 Å². The monoisotopic (exact) mass is 665 g/mol. The zero-order chi connectivity index (χ0) is 35.9. The van der Waals surface area contributed by atoms with Crippen LogP contribution < -0.4 is 0 Å². The Balaban J connectivity index is 2.72. The zero-order valence-electron chi connectivity index (χ0n) is 30.4. The molecule has 0 aliphatic heterocycles. The van der Waals surface area contributed by atoms with Gasteiger partial charge in [0.2, 0.25) is 0 Å². The van der Waals surface area contributed by atoms with Gasteiger partial charge in [-0.25, -0.2) is 0 Å². The first-order valence-electron chi connectivity index (χ1n) is 16.3. The van der Waals surface area contributed by atoms with Crippen molar-refractivity contribution in [3.05, 3.63) is 34.7 Å². The van der Waals surface area contributed by atoms with Gasteiger partial charge in [0.25, 0.3) is 16.0 Å². The van der Waals surface area contributed by atoms with Crippen molar-refractivity contribution in [2.45, 2.75) is 127 Å². The summed E-state index contributed by atoms with van der Waals surface area (Å²) in [4.78, 5) is 37.8. The van der Waals surface area contributed by atoms with Crippen LogP contribution in [0.3, 0.4) is 0 Å². The number of nitroso groups, excluding NO2 is 1. The molecule has 4 atom stereocenters. The predicted molar refractivity (Wildman–Crippen MR) is 181 cm³/mol. The Morgan fingerprint density at radius 2 is 1.46 bits per heavy atom. The van der Waals surface area contributed by atoms with Crippen LogP contribution in [0.5, 0.6) is 0 Å². The molecule has 1 aromatic rings.